The molecule has 0 fully saturated rings. The van der Waals surface area contributed by atoms with Crippen LogP contribution in [-0.2, 0) is 0 Å². The van der Waals surface area contributed by atoms with E-state index in [0.717, 1.165) is 22.4 Å². The number of aldehydes is 1. The summed E-state index contributed by atoms with van der Waals surface area (Å²) in [7, 11) is 0. The molecule has 0 aliphatic rings. The molecule has 0 aliphatic carbocycles. The lowest BCUT2D eigenvalue weighted by atomic mass is 10.2. The zero-order chi connectivity index (χ0) is 9.26. The molecule has 2 heterocycles. The van der Waals surface area contributed by atoms with Gasteiger partial charge in [-0.05, 0) is 13.0 Å². The standard InChI is InChI=1S/C9H8N2OS/c1-6-9(7-2-3-10-4-7)11-8(5-12)13-6/h2-5,10H,1H3. The smallest absolute Gasteiger partial charge is 0.178 e. The molecule has 3 nitrogen and oxygen atoms in total. The maximum atomic E-state index is 10.5. The first-order valence-electron chi connectivity index (χ1n) is 3.87. The van der Waals surface area contributed by atoms with E-state index in [1.165, 1.54) is 11.3 Å². The molecule has 2 aromatic heterocycles. The number of aromatic nitrogens is 2. The van der Waals surface area contributed by atoms with E-state index in [-0.39, 0.29) is 0 Å². The number of carbonyl (C=O) groups is 1. The second-order valence-electron chi connectivity index (χ2n) is 2.67. The molecule has 0 atom stereocenters. The molecule has 0 bridgehead atoms. The van der Waals surface area contributed by atoms with Crippen LogP contribution >= 0.6 is 11.3 Å². The van der Waals surface area contributed by atoms with Gasteiger partial charge in [-0.15, -0.1) is 11.3 Å². The van der Waals surface area contributed by atoms with Gasteiger partial charge < -0.3 is 4.98 Å². The van der Waals surface area contributed by atoms with Crippen molar-refractivity contribution in [3.05, 3.63) is 28.3 Å². The number of rotatable bonds is 2. The summed E-state index contributed by atoms with van der Waals surface area (Å²) >= 11 is 1.42. The highest BCUT2D eigenvalue weighted by molar-refractivity contribution is 7.13. The zero-order valence-electron chi connectivity index (χ0n) is 7.07. The lowest BCUT2D eigenvalue weighted by Gasteiger charge is -1.90. The summed E-state index contributed by atoms with van der Waals surface area (Å²) in [6.07, 6.45) is 4.50. The van der Waals surface area contributed by atoms with Crippen LogP contribution in [-0.4, -0.2) is 16.3 Å². The minimum atomic E-state index is 0.536. The Labute approximate surface area is 79.4 Å². The summed E-state index contributed by atoms with van der Waals surface area (Å²) in [4.78, 5) is 18.7. The van der Waals surface area contributed by atoms with Crippen LogP contribution in [0.25, 0.3) is 11.3 Å². The fourth-order valence-electron chi connectivity index (χ4n) is 1.21. The lowest BCUT2D eigenvalue weighted by Crippen LogP contribution is -1.78. The molecule has 66 valence electrons. The van der Waals surface area contributed by atoms with Crippen LogP contribution in [0.3, 0.4) is 0 Å². The summed E-state index contributed by atoms with van der Waals surface area (Å²) in [6.45, 7) is 1.97. The number of nitrogens with one attached hydrogen (secondary N) is 1. The van der Waals surface area contributed by atoms with Crippen LogP contribution in [0.2, 0.25) is 0 Å². The van der Waals surface area contributed by atoms with E-state index < -0.39 is 0 Å². The molecule has 2 aromatic rings. The van der Waals surface area contributed by atoms with Crippen LogP contribution in [0.5, 0.6) is 0 Å². The summed E-state index contributed by atoms with van der Waals surface area (Å²) in [6, 6.07) is 1.94. The van der Waals surface area contributed by atoms with Gasteiger partial charge in [0.2, 0.25) is 0 Å². The highest BCUT2D eigenvalue weighted by atomic mass is 32.1. The molecule has 0 saturated heterocycles. The second kappa shape index (κ2) is 3.14. The molecule has 0 amide bonds. The van der Waals surface area contributed by atoms with Gasteiger partial charge in [-0.3, -0.25) is 4.79 Å². The number of aryl methyl sites for hydroxylation is 1. The Morgan fingerprint density at radius 3 is 3.00 bits per heavy atom. The van der Waals surface area contributed by atoms with Gasteiger partial charge in [-0.1, -0.05) is 0 Å². The van der Waals surface area contributed by atoms with E-state index in [0.29, 0.717) is 5.01 Å². The Kier molecular flexibility index (Phi) is 1.98. The van der Waals surface area contributed by atoms with Gasteiger partial charge in [-0.2, -0.15) is 0 Å². The van der Waals surface area contributed by atoms with Crippen LogP contribution in [0.4, 0.5) is 0 Å². The van der Waals surface area contributed by atoms with E-state index in [9.17, 15) is 4.79 Å². The summed E-state index contributed by atoms with van der Waals surface area (Å²) in [5, 5.41) is 0.536. The highest BCUT2D eigenvalue weighted by Gasteiger charge is 2.08. The van der Waals surface area contributed by atoms with Crippen molar-refractivity contribution in [2.45, 2.75) is 6.92 Å². The van der Waals surface area contributed by atoms with Gasteiger partial charge in [0.15, 0.2) is 11.3 Å². The fraction of sp³-hybridized carbons (Fsp3) is 0.111. The van der Waals surface area contributed by atoms with Crippen molar-refractivity contribution in [1.29, 1.82) is 0 Å². The monoisotopic (exact) mass is 192 g/mol. The van der Waals surface area contributed by atoms with E-state index in [2.05, 4.69) is 9.97 Å². The van der Waals surface area contributed by atoms with Gasteiger partial charge in [0, 0.05) is 22.8 Å². The Balaban J connectivity index is 2.52. The number of hydrogen-bond donors (Lipinski definition) is 1. The van der Waals surface area contributed by atoms with Crippen LogP contribution in [0.15, 0.2) is 18.5 Å². The third kappa shape index (κ3) is 1.40. The quantitative estimate of drug-likeness (QED) is 0.742. The fourth-order valence-corrected chi connectivity index (χ4v) is 1.97. The third-order valence-corrected chi connectivity index (χ3v) is 2.68. The maximum absolute atomic E-state index is 10.5. The minimum absolute atomic E-state index is 0.536. The van der Waals surface area contributed by atoms with Gasteiger partial charge in [0.1, 0.15) is 0 Å². The number of nitrogens with zero attached hydrogens (tertiary/aromatic N) is 1. The average molecular weight is 192 g/mol. The predicted octanol–water partition coefficient (Wildman–Crippen LogP) is 2.26. The van der Waals surface area contributed by atoms with Crippen molar-refractivity contribution in [3.63, 3.8) is 0 Å². The molecule has 2 rings (SSSR count). The van der Waals surface area contributed by atoms with E-state index in [4.69, 9.17) is 0 Å². The number of aromatic amines is 1. The van der Waals surface area contributed by atoms with Crippen molar-refractivity contribution < 1.29 is 4.79 Å². The molecule has 13 heavy (non-hydrogen) atoms. The zero-order valence-corrected chi connectivity index (χ0v) is 7.89. The molecular weight excluding hydrogens is 184 g/mol. The Morgan fingerprint density at radius 2 is 2.46 bits per heavy atom. The molecule has 0 aliphatic heterocycles. The van der Waals surface area contributed by atoms with Crippen LogP contribution in [0.1, 0.15) is 14.7 Å². The number of carbonyl (C=O) groups excluding carboxylic acids is 1. The van der Waals surface area contributed by atoms with Crippen LogP contribution in [0, 0.1) is 6.92 Å². The number of hydrogen-bond acceptors (Lipinski definition) is 3. The van der Waals surface area contributed by atoms with Gasteiger partial charge in [-0.25, -0.2) is 4.98 Å². The van der Waals surface area contributed by atoms with Crippen molar-refractivity contribution in [1.82, 2.24) is 9.97 Å². The average Bonchev–Trinajstić information content (AvgIpc) is 2.72. The van der Waals surface area contributed by atoms with E-state index in [1.54, 1.807) is 0 Å². The normalized spacial score (nSPS) is 10.2. The largest absolute Gasteiger partial charge is 0.367 e. The first-order chi connectivity index (χ1) is 6.31. The maximum Gasteiger partial charge on any atom is 0.178 e. The van der Waals surface area contributed by atoms with Crippen molar-refractivity contribution in [3.8, 4) is 11.3 Å². The topological polar surface area (TPSA) is 45.8 Å². The summed E-state index contributed by atoms with van der Waals surface area (Å²) < 4.78 is 0. The molecule has 1 N–H and O–H groups in total. The Bertz CT molecular complexity index is 417. The number of thiazole rings is 1. The minimum Gasteiger partial charge on any atom is -0.367 e. The van der Waals surface area contributed by atoms with Crippen molar-refractivity contribution in [2.75, 3.05) is 0 Å². The summed E-state index contributed by atoms with van der Waals surface area (Å²) in [5.74, 6) is 0. The van der Waals surface area contributed by atoms with Gasteiger partial charge >= 0.3 is 0 Å². The Morgan fingerprint density at radius 1 is 1.62 bits per heavy atom. The van der Waals surface area contributed by atoms with Crippen LogP contribution < -0.4 is 0 Å². The highest BCUT2D eigenvalue weighted by Crippen LogP contribution is 2.25. The first kappa shape index (κ1) is 8.19. The van der Waals surface area contributed by atoms with Gasteiger partial charge in [0.05, 0.1) is 5.69 Å². The van der Waals surface area contributed by atoms with Crippen molar-refractivity contribution >= 4 is 17.6 Å². The third-order valence-electron chi connectivity index (χ3n) is 1.79. The lowest BCUT2D eigenvalue weighted by molar-refractivity contribution is 0.112. The SMILES string of the molecule is Cc1sc(C=O)nc1-c1cc[nH]c1. The predicted molar refractivity (Wildman–Crippen MR) is 52.0 cm³/mol. The second-order valence-corrected chi connectivity index (χ2v) is 3.91. The molecule has 0 spiro atoms. The van der Waals surface area contributed by atoms with Crippen molar-refractivity contribution in [2.24, 2.45) is 0 Å². The molecule has 0 unspecified atom stereocenters. The molecule has 0 aromatic carbocycles. The first-order valence-corrected chi connectivity index (χ1v) is 4.68. The van der Waals surface area contributed by atoms with Gasteiger partial charge in [0.25, 0.3) is 0 Å². The summed E-state index contributed by atoms with van der Waals surface area (Å²) in [5.41, 5.74) is 1.93. The number of H-pyrrole nitrogens is 1. The van der Waals surface area contributed by atoms with E-state index >= 15 is 0 Å². The molecular formula is C9H8N2OS. The van der Waals surface area contributed by atoms with E-state index in [1.807, 2.05) is 25.4 Å². The molecule has 0 radical (unpaired) electrons. The molecule has 4 heteroatoms. The Hall–Kier alpha value is -1.42. The molecule has 0 saturated carbocycles.